The smallest absolute Gasteiger partial charge is 0.177 e. The first-order chi connectivity index (χ1) is 7.20. The minimum Gasteiger partial charge on any atom is -0.337 e. The number of aromatic amines is 1. The van der Waals surface area contributed by atoms with Crippen LogP contribution in [-0.2, 0) is 20.0 Å². The van der Waals surface area contributed by atoms with Crippen molar-refractivity contribution in [2.75, 3.05) is 0 Å². The third-order valence-electron chi connectivity index (χ3n) is 2.42. The first-order valence-electron chi connectivity index (χ1n) is 4.95. The van der Waals surface area contributed by atoms with E-state index in [1.54, 1.807) is 4.68 Å². The van der Waals surface area contributed by atoms with Crippen LogP contribution < -0.4 is 0 Å². The van der Waals surface area contributed by atoms with Gasteiger partial charge in [-0.3, -0.25) is 4.68 Å². The van der Waals surface area contributed by atoms with Gasteiger partial charge in [-0.2, -0.15) is 5.10 Å². The fourth-order valence-electron chi connectivity index (χ4n) is 1.63. The van der Waals surface area contributed by atoms with Gasteiger partial charge < -0.3 is 9.55 Å². The lowest BCUT2D eigenvalue weighted by Crippen LogP contribution is -2.03. The summed E-state index contributed by atoms with van der Waals surface area (Å²) in [5, 5.41) is 4.14. The fraction of sp³-hybridized carbons (Fsp3) is 0.400. The molecule has 0 fully saturated rings. The van der Waals surface area contributed by atoms with Crippen molar-refractivity contribution in [2.24, 2.45) is 7.05 Å². The topological polar surface area (TPSA) is 38.5 Å². The molecule has 0 spiro atoms. The van der Waals surface area contributed by atoms with Crippen molar-refractivity contribution in [3.05, 3.63) is 34.6 Å². The van der Waals surface area contributed by atoms with Crippen molar-refractivity contribution < 1.29 is 0 Å². The Bertz CT molecular complexity index is 505. The monoisotopic (exact) mass is 222 g/mol. The van der Waals surface area contributed by atoms with E-state index in [4.69, 9.17) is 12.2 Å². The molecule has 80 valence electrons. The standard InChI is InChI=1S/C10H14N4S/c1-3-9-5-11-10(15)14(9)7-8-4-12-13(2)6-8/h4-6H,3,7H2,1-2H3,(H,11,15). The van der Waals surface area contributed by atoms with E-state index in [1.807, 2.05) is 25.6 Å². The average molecular weight is 222 g/mol. The van der Waals surface area contributed by atoms with Crippen molar-refractivity contribution in [2.45, 2.75) is 19.9 Å². The molecular formula is C10H14N4S. The normalized spacial score (nSPS) is 10.8. The van der Waals surface area contributed by atoms with E-state index >= 15 is 0 Å². The highest BCUT2D eigenvalue weighted by Gasteiger charge is 2.03. The van der Waals surface area contributed by atoms with E-state index in [9.17, 15) is 0 Å². The van der Waals surface area contributed by atoms with E-state index in [2.05, 4.69) is 21.6 Å². The molecule has 0 aliphatic carbocycles. The van der Waals surface area contributed by atoms with E-state index < -0.39 is 0 Å². The lowest BCUT2D eigenvalue weighted by atomic mass is 10.3. The Labute approximate surface area is 93.6 Å². The minimum absolute atomic E-state index is 0.774. The maximum atomic E-state index is 5.23. The molecule has 4 nitrogen and oxygen atoms in total. The highest BCUT2D eigenvalue weighted by Crippen LogP contribution is 2.07. The highest BCUT2D eigenvalue weighted by molar-refractivity contribution is 7.71. The maximum absolute atomic E-state index is 5.23. The van der Waals surface area contributed by atoms with Crippen molar-refractivity contribution in [3.63, 3.8) is 0 Å². The summed E-state index contributed by atoms with van der Waals surface area (Å²) < 4.78 is 4.68. The second kappa shape index (κ2) is 4.02. The van der Waals surface area contributed by atoms with Crippen LogP contribution in [-0.4, -0.2) is 19.3 Å². The van der Waals surface area contributed by atoms with E-state index in [0.29, 0.717) is 0 Å². The van der Waals surface area contributed by atoms with Gasteiger partial charge in [0.2, 0.25) is 0 Å². The summed E-state index contributed by atoms with van der Waals surface area (Å²) in [6.07, 6.45) is 6.83. The number of aryl methyl sites for hydroxylation is 2. The molecule has 1 N–H and O–H groups in total. The van der Waals surface area contributed by atoms with Crippen LogP contribution in [0.4, 0.5) is 0 Å². The number of aromatic nitrogens is 4. The van der Waals surface area contributed by atoms with Gasteiger partial charge in [0.1, 0.15) is 0 Å². The molecular weight excluding hydrogens is 208 g/mol. The number of hydrogen-bond donors (Lipinski definition) is 1. The highest BCUT2D eigenvalue weighted by atomic mass is 32.1. The Kier molecular flexibility index (Phi) is 2.73. The third-order valence-corrected chi connectivity index (χ3v) is 2.75. The summed E-state index contributed by atoms with van der Waals surface area (Å²) in [4.78, 5) is 3.07. The number of rotatable bonds is 3. The van der Waals surface area contributed by atoms with Crippen LogP contribution in [0, 0.1) is 4.77 Å². The van der Waals surface area contributed by atoms with E-state index in [-0.39, 0.29) is 0 Å². The van der Waals surface area contributed by atoms with Crippen molar-refractivity contribution in [1.82, 2.24) is 19.3 Å². The van der Waals surface area contributed by atoms with Crippen molar-refractivity contribution >= 4 is 12.2 Å². The number of imidazole rings is 1. The first kappa shape index (κ1) is 10.2. The van der Waals surface area contributed by atoms with E-state index in [1.165, 1.54) is 11.3 Å². The molecule has 2 aromatic rings. The Balaban J connectivity index is 2.31. The summed E-state index contributed by atoms with van der Waals surface area (Å²) in [6, 6.07) is 0. The molecule has 0 aromatic carbocycles. The van der Waals surface area contributed by atoms with E-state index in [0.717, 1.165) is 17.7 Å². The largest absolute Gasteiger partial charge is 0.337 e. The number of hydrogen-bond acceptors (Lipinski definition) is 2. The van der Waals surface area contributed by atoms with Crippen LogP contribution in [0.25, 0.3) is 0 Å². The molecule has 0 bridgehead atoms. The molecule has 0 aliphatic rings. The average Bonchev–Trinajstić information content (AvgIpc) is 2.76. The van der Waals surface area contributed by atoms with Crippen LogP contribution in [0.3, 0.4) is 0 Å². The van der Waals surface area contributed by atoms with Gasteiger partial charge in [-0.15, -0.1) is 0 Å². The Morgan fingerprint density at radius 1 is 1.53 bits per heavy atom. The van der Waals surface area contributed by atoms with Crippen LogP contribution in [0.1, 0.15) is 18.2 Å². The Hall–Kier alpha value is -1.36. The predicted molar refractivity (Wildman–Crippen MR) is 61.3 cm³/mol. The fourth-order valence-corrected chi connectivity index (χ4v) is 1.87. The molecule has 0 amide bonds. The Morgan fingerprint density at radius 3 is 2.93 bits per heavy atom. The van der Waals surface area contributed by atoms with Gasteiger partial charge in [-0.25, -0.2) is 0 Å². The van der Waals surface area contributed by atoms with Gasteiger partial charge in [0.15, 0.2) is 4.77 Å². The second-order valence-corrected chi connectivity index (χ2v) is 3.93. The van der Waals surface area contributed by atoms with Gasteiger partial charge in [0.25, 0.3) is 0 Å². The zero-order valence-electron chi connectivity index (χ0n) is 8.90. The van der Waals surface area contributed by atoms with Gasteiger partial charge in [-0.1, -0.05) is 6.92 Å². The van der Waals surface area contributed by atoms with Gasteiger partial charge in [-0.05, 0) is 18.6 Å². The predicted octanol–water partition coefficient (Wildman–Crippen LogP) is 1.89. The summed E-state index contributed by atoms with van der Waals surface area (Å²) >= 11 is 5.23. The van der Waals surface area contributed by atoms with Crippen molar-refractivity contribution in [1.29, 1.82) is 0 Å². The number of H-pyrrole nitrogens is 1. The molecule has 2 rings (SSSR count). The molecule has 0 unspecified atom stereocenters. The number of nitrogens with zero attached hydrogens (tertiary/aromatic N) is 3. The van der Waals surface area contributed by atoms with Gasteiger partial charge >= 0.3 is 0 Å². The minimum atomic E-state index is 0.774. The van der Waals surface area contributed by atoms with Crippen LogP contribution in [0.2, 0.25) is 0 Å². The summed E-state index contributed by atoms with van der Waals surface area (Å²) in [5.41, 5.74) is 2.40. The molecule has 0 saturated carbocycles. The zero-order valence-corrected chi connectivity index (χ0v) is 9.71. The summed E-state index contributed by atoms with van der Waals surface area (Å²) in [7, 11) is 1.92. The maximum Gasteiger partial charge on any atom is 0.177 e. The van der Waals surface area contributed by atoms with Gasteiger partial charge in [0, 0.05) is 30.7 Å². The molecule has 5 heteroatoms. The molecule has 0 atom stereocenters. The molecule has 0 aliphatic heterocycles. The summed E-state index contributed by atoms with van der Waals surface area (Å²) in [6.45, 7) is 2.91. The second-order valence-electron chi connectivity index (χ2n) is 3.55. The third kappa shape index (κ3) is 2.02. The Morgan fingerprint density at radius 2 is 2.33 bits per heavy atom. The lowest BCUT2D eigenvalue weighted by Gasteiger charge is -2.04. The molecule has 2 heterocycles. The first-order valence-corrected chi connectivity index (χ1v) is 5.36. The SMILES string of the molecule is CCc1c[nH]c(=S)n1Cc1cnn(C)c1. The molecule has 0 radical (unpaired) electrons. The van der Waals surface area contributed by atoms with Crippen LogP contribution in [0.15, 0.2) is 18.6 Å². The van der Waals surface area contributed by atoms with Crippen molar-refractivity contribution in [3.8, 4) is 0 Å². The zero-order chi connectivity index (χ0) is 10.8. The summed E-state index contributed by atoms with van der Waals surface area (Å²) in [5.74, 6) is 0. The van der Waals surface area contributed by atoms with Crippen LogP contribution >= 0.6 is 12.2 Å². The molecule has 15 heavy (non-hydrogen) atoms. The lowest BCUT2D eigenvalue weighted by molar-refractivity contribution is 0.732. The number of nitrogens with one attached hydrogen (secondary N) is 1. The quantitative estimate of drug-likeness (QED) is 0.805. The molecule has 2 aromatic heterocycles. The van der Waals surface area contributed by atoms with Gasteiger partial charge in [0.05, 0.1) is 12.7 Å². The molecule has 0 saturated heterocycles. The van der Waals surface area contributed by atoms with Crippen LogP contribution in [0.5, 0.6) is 0 Å².